The molecule has 1 atom stereocenters. The Kier molecular flexibility index (Phi) is 3.76. The zero-order valence-electron chi connectivity index (χ0n) is 12.8. The zero-order valence-corrected chi connectivity index (χ0v) is 12.8. The highest BCUT2D eigenvalue weighted by molar-refractivity contribution is 5.74. The SMILES string of the molecule is Cc1cc(C)cc(CNC(C)c2nc3ccccc3[nH]2)c1. The van der Waals surface area contributed by atoms with Crippen LogP contribution < -0.4 is 5.32 Å². The van der Waals surface area contributed by atoms with Crippen LogP contribution in [0, 0.1) is 13.8 Å². The second kappa shape index (κ2) is 5.70. The molecule has 0 saturated carbocycles. The fourth-order valence-electron chi connectivity index (χ4n) is 2.72. The number of H-pyrrole nitrogens is 1. The summed E-state index contributed by atoms with van der Waals surface area (Å²) < 4.78 is 0. The molecule has 2 aromatic carbocycles. The van der Waals surface area contributed by atoms with Crippen LogP contribution in [0.4, 0.5) is 0 Å². The number of aromatic nitrogens is 2. The topological polar surface area (TPSA) is 40.7 Å². The van der Waals surface area contributed by atoms with E-state index in [1.807, 2.05) is 18.2 Å². The van der Waals surface area contributed by atoms with Crippen molar-refractivity contribution in [1.82, 2.24) is 15.3 Å². The van der Waals surface area contributed by atoms with E-state index in [1.54, 1.807) is 0 Å². The van der Waals surface area contributed by atoms with E-state index >= 15 is 0 Å². The van der Waals surface area contributed by atoms with E-state index in [4.69, 9.17) is 0 Å². The lowest BCUT2D eigenvalue weighted by Gasteiger charge is -2.12. The van der Waals surface area contributed by atoms with Gasteiger partial charge in [0.15, 0.2) is 0 Å². The number of hydrogen-bond donors (Lipinski definition) is 2. The highest BCUT2D eigenvalue weighted by Gasteiger charge is 2.10. The van der Waals surface area contributed by atoms with Gasteiger partial charge in [0.25, 0.3) is 0 Å². The van der Waals surface area contributed by atoms with Crippen molar-refractivity contribution >= 4 is 11.0 Å². The van der Waals surface area contributed by atoms with Crippen LogP contribution in [0.3, 0.4) is 0 Å². The van der Waals surface area contributed by atoms with Crippen molar-refractivity contribution in [3.8, 4) is 0 Å². The number of fused-ring (bicyclic) bond motifs is 1. The summed E-state index contributed by atoms with van der Waals surface area (Å²) in [5.74, 6) is 0.987. The minimum atomic E-state index is 0.193. The molecular weight excluding hydrogens is 258 g/mol. The molecule has 3 heteroatoms. The first-order valence-corrected chi connectivity index (χ1v) is 7.37. The van der Waals surface area contributed by atoms with Gasteiger partial charge in [0.2, 0.25) is 0 Å². The highest BCUT2D eigenvalue weighted by Crippen LogP contribution is 2.16. The molecule has 3 rings (SSSR count). The monoisotopic (exact) mass is 279 g/mol. The van der Waals surface area contributed by atoms with Crippen molar-refractivity contribution < 1.29 is 0 Å². The number of para-hydroxylation sites is 2. The Balaban J connectivity index is 1.72. The third-order valence-electron chi connectivity index (χ3n) is 3.71. The maximum absolute atomic E-state index is 4.64. The van der Waals surface area contributed by atoms with Crippen LogP contribution in [0.15, 0.2) is 42.5 Å². The molecule has 0 aliphatic rings. The van der Waals surface area contributed by atoms with Gasteiger partial charge in [-0.25, -0.2) is 4.98 Å². The van der Waals surface area contributed by atoms with Crippen molar-refractivity contribution in [2.45, 2.75) is 33.4 Å². The van der Waals surface area contributed by atoms with E-state index in [0.29, 0.717) is 0 Å². The van der Waals surface area contributed by atoms with Crippen molar-refractivity contribution in [1.29, 1.82) is 0 Å². The second-order valence-corrected chi connectivity index (χ2v) is 5.74. The lowest BCUT2D eigenvalue weighted by molar-refractivity contribution is 0.552. The second-order valence-electron chi connectivity index (χ2n) is 5.74. The van der Waals surface area contributed by atoms with Gasteiger partial charge in [-0.1, -0.05) is 41.5 Å². The summed E-state index contributed by atoms with van der Waals surface area (Å²) in [6, 6.07) is 15.0. The third-order valence-corrected chi connectivity index (χ3v) is 3.71. The van der Waals surface area contributed by atoms with Gasteiger partial charge in [0.05, 0.1) is 17.1 Å². The van der Waals surface area contributed by atoms with Crippen LogP contribution in [0.2, 0.25) is 0 Å². The smallest absolute Gasteiger partial charge is 0.124 e. The molecule has 3 aromatic rings. The third kappa shape index (κ3) is 3.14. The number of aryl methyl sites for hydroxylation is 2. The number of aromatic amines is 1. The first-order chi connectivity index (χ1) is 10.1. The van der Waals surface area contributed by atoms with Crippen LogP contribution in [-0.2, 0) is 6.54 Å². The molecule has 1 unspecified atom stereocenters. The summed E-state index contributed by atoms with van der Waals surface area (Å²) in [5, 5.41) is 3.54. The fourth-order valence-corrected chi connectivity index (χ4v) is 2.72. The summed E-state index contributed by atoms with van der Waals surface area (Å²) >= 11 is 0. The van der Waals surface area contributed by atoms with Gasteiger partial charge in [-0.2, -0.15) is 0 Å². The Bertz CT molecular complexity index is 705. The van der Waals surface area contributed by atoms with Gasteiger partial charge < -0.3 is 10.3 Å². The fraction of sp³-hybridized carbons (Fsp3) is 0.278. The summed E-state index contributed by atoms with van der Waals surface area (Å²) in [7, 11) is 0. The number of benzene rings is 2. The molecule has 0 fully saturated rings. The molecule has 0 radical (unpaired) electrons. The highest BCUT2D eigenvalue weighted by atomic mass is 15.0. The van der Waals surface area contributed by atoms with E-state index in [0.717, 1.165) is 23.4 Å². The average Bonchev–Trinajstić information content (AvgIpc) is 2.87. The van der Waals surface area contributed by atoms with Gasteiger partial charge in [-0.15, -0.1) is 0 Å². The largest absolute Gasteiger partial charge is 0.341 e. The maximum Gasteiger partial charge on any atom is 0.124 e. The minimum absolute atomic E-state index is 0.193. The molecule has 3 nitrogen and oxygen atoms in total. The standard InChI is InChI=1S/C18H21N3/c1-12-8-13(2)10-15(9-12)11-19-14(3)18-20-16-6-4-5-7-17(16)21-18/h4-10,14,19H,11H2,1-3H3,(H,20,21). The number of hydrogen-bond acceptors (Lipinski definition) is 2. The molecule has 1 heterocycles. The lowest BCUT2D eigenvalue weighted by Crippen LogP contribution is -2.19. The van der Waals surface area contributed by atoms with Gasteiger partial charge in [0.1, 0.15) is 5.82 Å². The quantitative estimate of drug-likeness (QED) is 0.757. The molecular formula is C18H21N3. The Labute approximate surface area is 125 Å². The Morgan fingerprint density at radius 3 is 2.52 bits per heavy atom. The van der Waals surface area contributed by atoms with Gasteiger partial charge in [-0.3, -0.25) is 0 Å². The van der Waals surface area contributed by atoms with Crippen LogP contribution in [-0.4, -0.2) is 9.97 Å². The molecule has 0 bridgehead atoms. The van der Waals surface area contributed by atoms with E-state index < -0.39 is 0 Å². The van der Waals surface area contributed by atoms with E-state index in [-0.39, 0.29) is 6.04 Å². The van der Waals surface area contributed by atoms with Crippen LogP contribution in [0.1, 0.15) is 35.5 Å². The molecule has 0 aliphatic heterocycles. The summed E-state index contributed by atoms with van der Waals surface area (Å²) in [6.45, 7) is 7.26. The van der Waals surface area contributed by atoms with Gasteiger partial charge >= 0.3 is 0 Å². The molecule has 0 amide bonds. The molecule has 108 valence electrons. The predicted molar refractivity (Wildman–Crippen MR) is 87.3 cm³/mol. The Morgan fingerprint density at radius 1 is 1.10 bits per heavy atom. The molecule has 0 saturated heterocycles. The summed E-state index contributed by atoms with van der Waals surface area (Å²) in [6.07, 6.45) is 0. The van der Waals surface area contributed by atoms with Crippen molar-refractivity contribution in [2.75, 3.05) is 0 Å². The van der Waals surface area contributed by atoms with Crippen molar-refractivity contribution in [3.05, 3.63) is 65.0 Å². The Morgan fingerprint density at radius 2 is 1.81 bits per heavy atom. The van der Waals surface area contributed by atoms with Crippen molar-refractivity contribution in [2.24, 2.45) is 0 Å². The number of imidazole rings is 1. The zero-order chi connectivity index (χ0) is 14.8. The van der Waals surface area contributed by atoms with Crippen molar-refractivity contribution in [3.63, 3.8) is 0 Å². The molecule has 1 aromatic heterocycles. The maximum atomic E-state index is 4.64. The van der Waals surface area contributed by atoms with E-state index in [2.05, 4.69) is 60.3 Å². The lowest BCUT2D eigenvalue weighted by atomic mass is 10.1. The summed E-state index contributed by atoms with van der Waals surface area (Å²) in [5.41, 5.74) is 6.04. The molecule has 0 aliphatic carbocycles. The number of rotatable bonds is 4. The summed E-state index contributed by atoms with van der Waals surface area (Å²) in [4.78, 5) is 8.02. The predicted octanol–water partition coefficient (Wildman–Crippen LogP) is 4.03. The first-order valence-electron chi connectivity index (χ1n) is 7.37. The van der Waals surface area contributed by atoms with E-state index in [9.17, 15) is 0 Å². The molecule has 21 heavy (non-hydrogen) atoms. The number of nitrogens with one attached hydrogen (secondary N) is 2. The molecule has 2 N–H and O–H groups in total. The van der Waals surface area contributed by atoms with Crippen LogP contribution in [0.25, 0.3) is 11.0 Å². The first kappa shape index (κ1) is 13.8. The molecule has 0 spiro atoms. The number of nitrogens with zero attached hydrogens (tertiary/aromatic N) is 1. The average molecular weight is 279 g/mol. The van der Waals surface area contributed by atoms with Crippen LogP contribution in [0.5, 0.6) is 0 Å². The normalized spacial score (nSPS) is 12.7. The minimum Gasteiger partial charge on any atom is -0.341 e. The van der Waals surface area contributed by atoms with Gasteiger partial charge in [0, 0.05) is 6.54 Å². The van der Waals surface area contributed by atoms with Crippen LogP contribution >= 0.6 is 0 Å². The Hall–Kier alpha value is -2.13. The van der Waals surface area contributed by atoms with Gasteiger partial charge in [-0.05, 0) is 38.5 Å². The van der Waals surface area contributed by atoms with E-state index in [1.165, 1.54) is 16.7 Å².